The van der Waals surface area contributed by atoms with E-state index in [2.05, 4.69) is 43.0 Å². The molecule has 1 aromatic rings. The van der Waals surface area contributed by atoms with E-state index < -0.39 is 0 Å². The minimum atomic E-state index is 0.368. The molecule has 3 N–H and O–H groups in total. The van der Waals surface area contributed by atoms with Gasteiger partial charge >= 0.3 is 0 Å². The van der Waals surface area contributed by atoms with Crippen molar-refractivity contribution < 1.29 is 0 Å². The summed E-state index contributed by atoms with van der Waals surface area (Å²) in [6.45, 7) is 9.36. The predicted molar refractivity (Wildman–Crippen MR) is 75.3 cm³/mol. The second kappa shape index (κ2) is 4.41. The van der Waals surface area contributed by atoms with Crippen molar-refractivity contribution in [3.8, 4) is 0 Å². The van der Waals surface area contributed by atoms with Crippen LogP contribution in [0.3, 0.4) is 0 Å². The fraction of sp³-hybridized carbons (Fsp3) is 0.714. The van der Waals surface area contributed by atoms with Crippen molar-refractivity contribution in [1.29, 1.82) is 0 Å². The van der Waals surface area contributed by atoms with Gasteiger partial charge in [-0.05, 0) is 30.1 Å². The highest BCUT2D eigenvalue weighted by molar-refractivity contribution is 5.39. The molecule has 1 aliphatic carbocycles. The summed E-state index contributed by atoms with van der Waals surface area (Å²) in [5, 5.41) is 3.48. The van der Waals surface area contributed by atoms with Crippen LogP contribution >= 0.6 is 0 Å². The molecule has 0 aromatic carbocycles. The third-order valence-corrected chi connectivity index (χ3v) is 3.56. The molecule has 0 spiro atoms. The van der Waals surface area contributed by atoms with Crippen LogP contribution in [0.15, 0.2) is 12.4 Å². The Morgan fingerprint density at radius 1 is 1.17 bits per heavy atom. The first-order valence-corrected chi connectivity index (χ1v) is 6.60. The van der Waals surface area contributed by atoms with Crippen molar-refractivity contribution in [2.75, 3.05) is 11.1 Å². The third kappa shape index (κ3) is 3.34. The van der Waals surface area contributed by atoms with E-state index in [1.165, 1.54) is 6.42 Å². The Balaban J connectivity index is 2.09. The number of aromatic nitrogens is 2. The monoisotopic (exact) mass is 248 g/mol. The Bertz CT molecular complexity index is 410. The van der Waals surface area contributed by atoms with Crippen LogP contribution in [0.4, 0.5) is 11.6 Å². The first kappa shape index (κ1) is 13.1. The normalized spacial score (nSPS) is 22.7. The van der Waals surface area contributed by atoms with Crippen molar-refractivity contribution in [1.82, 2.24) is 9.97 Å². The summed E-state index contributed by atoms with van der Waals surface area (Å²) in [6, 6.07) is 0.444. The van der Waals surface area contributed by atoms with Gasteiger partial charge in [0.1, 0.15) is 11.6 Å². The lowest BCUT2D eigenvalue weighted by atomic mass is 9.63. The third-order valence-electron chi connectivity index (χ3n) is 3.56. The maximum atomic E-state index is 5.66. The molecule has 1 aromatic heterocycles. The molecule has 0 unspecified atom stereocenters. The van der Waals surface area contributed by atoms with Crippen molar-refractivity contribution >= 4 is 11.6 Å². The maximum Gasteiger partial charge on any atom is 0.147 e. The molecule has 0 radical (unpaired) electrons. The molecule has 1 heterocycles. The van der Waals surface area contributed by atoms with Gasteiger partial charge < -0.3 is 11.1 Å². The quantitative estimate of drug-likeness (QED) is 0.844. The number of rotatable bonds is 2. The van der Waals surface area contributed by atoms with Crippen LogP contribution < -0.4 is 11.1 Å². The van der Waals surface area contributed by atoms with Crippen molar-refractivity contribution in [3.63, 3.8) is 0 Å². The Morgan fingerprint density at radius 2 is 1.78 bits per heavy atom. The molecule has 0 atom stereocenters. The second-order valence-corrected chi connectivity index (χ2v) is 7.08. The average Bonchev–Trinajstić information content (AvgIpc) is 2.11. The average molecular weight is 248 g/mol. The number of hydrogen-bond donors (Lipinski definition) is 2. The van der Waals surface area contributed by atoms with Gasteiger partial charge in [-0.15, -0.1) is 0 Å². The van der Waals surface area contributed by atoms with E-state index in [9.17, 15) is 0 Å². The molecule has 0 saturated heterocycles. The van der Waals surface area contributed by atoms with Crippen LogP contribution in [-0.4, -0.2) is 16.0 Å². The Kier molecular flexibility index (Phi) is 3.21. The fourth-order valence-corrected chi connectivity index (χ4v) is 3.61. The van der Waals surface area contributed by atoms with Crippen LogP contribution in [0.5, 0.6) is 0 Å². The van der Waals surface area contributed by atoms with Gasteiger partial charge in [-0.1, -0.05) is 27.7 Å². The van der Waals surface area contributed by atoms with Crippen LogP contribution in [0.25, 0.3) is 0 Å². The summed E-state index contributed by atoms with van der Waals surface area (Å²) < 4.78 is 0. The van der Waals surface area contributed by atoms with Gasteiger partial charge in [0.15, 0.2) is 0 Å². The summed E-state index contributed by atoms with van der Waals surface area (Å²) in [7, 11) is 0. The molecule has 18 heavy (non-hydrogen) atoms. The molecule has 100 valence electrons. The largest absolute Gasteiger partial charge is 0.382 e. The number of nitrogen functional groups attached to an aromatic ring is 1. The highest BCUT2D eigenvalue weighted by Crippen LogP contribution is 2.46. The zero-order valence-electron chi connectivity index (χ0n) is 11.8. The molecular formula is C14H24N4. The zero-order chi connectivity index (χ0) is 13.4. The summed E-state index contributed by atoms with van der Waals surface area (Å²) in [5.41, 5.74) is 6.39. The summed E-state index contributed by atoms with van der Waals surface area (Å²) >= 11 is 0. The van der Waals surface area contributed by atoms with Crippen molar-refractivity contribution in [3.05, 3.63) is 12.4 Å². The molecule has 0 aliphatic heterocycles. The Labute approximate surface area is 109 Å². The van der Waals surface area contributed by atoms with Gasteiger partial charge in [0.25, 0.3) is 0 Å². The minimum Gasteiger partial charge on any atom is -0.382 e. The second-order valence-electron chi connectivity index (χ2n) is 7.08. The standard InChI is InChI=1S/C14H24N4/c1-13(2)5-10(6-14(3,4)9-13)17-12-8-16-7-11(15)18-12/h7-8,10H,5-6,9H2,1-4H3,(H3,15,17,18). The molecule has 0 bridgehead atoms. The van der Waals surface area contributed by atoms with Crippen LogP contribution in [0, 0.1) is 10.8 Å². The number of nitrogens with zero attached hydrogens (tertiary/aromatic N) is 2. The highest BCUT2D eigenvalue weighted by atomic mass is 15.1. The van der Waals surface area contributed by atoms with Gasteiger partial charge in [-0.3, -0.25) is 4.98 Å². The molecule has 1 saturated carbocycles. The van der Waals surface area contributed by atoms with Crippen LogP contribution in [-0.2, 0) is 0 Å². The lowest BCUT2D eigenvalue weighted by Gasteiger charge is -2.45. The van der Waals surface area contributed by atoms with E-state index in [0.717, 1.165) is 18.7 Å². The SMILES string of the molecule is CC1(C)CC(Nc2cncc(N)n2)CC(C)(C)C1. The topological polar surface area (TPSA) is 63.8 Å². The van der Waals surface area contributed by atoms with E-state index in [4.69, 9.17) is 5.73 Å². The van der Waals surface area contributed by atoms with Crippen molar-refractivity contribution in [2.24, 2.45) is 10.8 Å². The number of anilines is 2. The molecule has 1 fully saturated rings. The first-order valence-electron chi connectivity index (χ1n) is 6.60. The van der Waals surface area contributed by atoms with Crippen LogP contribution in [0.1, 0.15) is 47.0 Å². The molecule has 0 amide bonds. The molecule has 4 heteroatoms. The fourth-order valence-electron chi connectivity index (χ4n) is 3.61. The zero-order valence-corrected chi connectivity index (χ0v) is 11.8. The minimum absolute atomic E-state index is 0.368. The molecule has 1 aliphatic rings. The van der Waals surface area contributed by atoms with E-state index in [0.29, 0.717) is 22.7 Å². The summed E-state index contributed by atoms with van der Waals surface area (Å²) in [5.74, 6) is 1.25. The number of nitrogens with one attached hydrogen (secondary N) is 1. The van der Waals surface area contributed by atoms with E-state index in [-0.39, 0.29) is 0 Å². The van der Waals surface area contributed by atoms with E-state index in [1.54, 1.807) is 12.4 Å². The lowest BCUT2D eigenvalue weighted by molar-refractivity contribution is 0.105. The van der Waals surface area contributed by atoms with Crippen LogP contribution in [0.2, 0.25) is 0 Å². The summed E-state index contributed by atoms with van der Waals surface area (Å²) in [4.78, 5) is 8.34. The van der Waals surface area contributed by atoms with E-state index in [1.807, 2.05) is 0 Å². The van der Waals surface area contributed by atoms with Gasteiger partial charge in [-0.25, -0.2) is 4.98 Å². The van der Waals surface area contributed by atoms with Crippen molar-refractivity contribution in [2.45, 2.75) is 53.0 Å². The molecule has 4 nitrogen and oxygen atoms in total. The van der Waals surface area contributed by atoms with Gasteiger partial charge in [0, 0.05) is 6.04 Å². The predicted octanol–water partition coefficient (Wildman–Crippen LogP) is 3.08. The Hall–Kier alpha value is -1.32. The van der Waals surface area contributed by atoms with Gasteiger partial charge in [-0.2, -0.15) is 0 Å². The number of hydrogen-bond acceptors (Lipinski definition) is 4. The first-order chi connectivity index (χ1) is 8.26. The number of nitrogens with two attached hydrogens (primary N) is 1. The smallest absolute Gasteiger partial charge is 0.147 e. The summed E-state index contributed by atoms with van der Waals surface area (Å²) in [6.07, 6.45) is 6.89. The molecule has 2 rings (SSSR count). The lowest BCUT2D eigenvalue weighted by Crippen LogP contribution is -2.40. The highest BCUT2D eigenvalue weighted by Gasteiger charge is 2.38. The van der Waals surface area contributed by atoms with Gasteiger partial charge in [0.2, 0.25) is 0 Å². The molecular weight excluding hydrogens is 224 g/mol. The maximum absolute atomic E-state index is 5.66. The van der Waals surface area contributed by atoms with Gasteiger partial charge in [0.05, 0.1) is 12.4 Å². The van der Waals surface area contributed by atoms with E-state index >= 15 is 0 Å². The Morgan fingerprint density at radius 3 is 2.33 bits per heavy atom.